The number of H-pyrrole nitrogens is 1. The van der Waals surface area contributed by atoms with Crippen LogP contribution in [-0.2, 0) is 26.2 Å². The van der Waals surface area contributed by atoms with Crippen molar-refractivity contribution in [1.82, 2.24) is 30.7 Å². The summed E-state index contributed by atoms with van der Waals surface area (Å²) in [5, 5.41) is 12.9. The van der Waals surface area contributed by atoms with E-state index in [9.17, 15) is 24.0 Å². The summed E-state index contributed by atoms with van der Waals surface area (Å²) in [7, 11) is 3.18. The number of rotatable bonds is 13. The van der Waals surface area contributed by atoms with Crippen LogP contribution in [0.5, 0.6) is 5.75 Å². The third kappa shape index (κ3) is 7.33. The van der Waals surface area contributed by atoms with E-state index in [2.05, 4.69) is 26.0 Å². The second kappa shape index (κ2) is 13.3. The van der Waals surface area contributed by atoms with E-state index in [-0.39, 0.29) is 29.6 Å². The molecule has 13 nitrogen and oxygen atoms in total. The van der Waals surface area contributed by atoms with E-state index < -0.39 is 48.2 Å². The van der Waals surface area contributed by atoms with Crippen molar-refractivity contribution in [3.63, 3.8) is 0 Å². The summed E-state index contributed by atoms with van der Waals surface area (Å²) < 4.78 is 11.9. The second-order valence-corrected chi connectivity index (χ2v) is 10.8. The lowest BCUT2D eigenvalue weighted by molar-refractivity contribution is -0.131. The average Bonchev–Trinajstić information content (AvgIpc) is 3.70. The van der Waals surface area contributed by atoms with E-state index in [4.69, 9.17) is 9.47 Å². The van der Waals surface area contributed by atoms with Crippen LogP contribution in [-0.4, -0.2) is 76.6 Å². The minimum Gasteiger partial charge on any atom is -0.496 e. The molecule has 0 saturated carbocycles. The SMILES string of the molecule is COc1cccc2[nH]c(C(=O)N[C@@H](CC(C)C)C(=O)N[C@@H](C[C@@H]3CCNC3=O)C(=O)COC(=O)c3ccn(C)n3)cc12. The smallest absolute Gasteiger partial charge is 0.359 e. The molecule has 0 bridgehead atoms. The van der Waals surface area contributed by atoms with Gasteiger partial charge in [-0.1, -0.05) is 19.9 Å². The number of ether oxygens (including phenoxy) is 2. The van der Waals surface area contributed by atoms with Gasteiger partial charge in [0.15, 0.2) is 18.1 Å². The molecule has 1 aromatic carbocycles. The minimum atomic E-state index is -1.12. The van der Waals surface area contributed by atoms with Gasteiger partial charge in [-0.2, -0.15) is 5.10 Å². The van der Waals surface area contributed by atoms with Crippen molar-refractivity contribution in [2.45, 2.75) is 45.2 Å². The summed E-state index contributed by atoms with van der Waals surface area (Å²) in [4.78, 5) is 67.6. The molecule has 42 heavy (non-hydrogen) atoms. The molecule has 1 aliphatic heterocycles. The van der Waals surface area contributed by atoms with Crippen LogP contribution in [0.25, 0.3) is 10.9 Å². The summed E-state index contributed by atoms with van der Waals surface area (Å²) >= 11 is 0. The lowest BCUT2D eigenvalue weighted by atomic mass is 9.95. The molecule has 0 radical (unpaired) electrons. The molecule has 3 atom stereocenters. The molecule has 4 rings (SSSR count). The number of hydrogen-bond donors (Lipinski definition) is 4. The summed E-state index contributed by atoms with van der Waals surface area (Å²) in [6.45, 7) is 3.66. The van der Waals surface area contributed by atoms with Gasteiger partial charge in [0.1, 0.15) is 17.5 Å². The topological polar surface area (TPSA) is 174 Å². The van der Waals surface area contributed by atoms with Crippen molar-refractivity contribution in [2.24, 2.45) is 18.9 Å². The van der Waals surface area contributed by atoms with Crippen LogP contribution in [0.4, 0.5) is 0 Å². The van der Waals surface area contributed by atoms with Crippen molar-refractivity contribution in [2.75, 3.05) is 20.3 Å². The molecule has 3 heterocycles. The second-order valence-electron chi connectivity index (χ2n) is 10.8. The number of nitrogens with zero attached hydrogens (tertiary/aromatic N) is 2. The molecule has 1 aliphatic rings. The molecule has 13 heteroatoms. The predicted octanol–water partition coefficient (Wildman–Crippen LogP) is 1.49. The number of ketones is 1. The highest BCUT2D eigenvalue weighted by atomic mass is 16.5. The number of fused-ring (bicyclic) bond motifs is 1. The molecule has 224 valence electrons. The summed E-state index contributed by atoms with van der Waals surface area (Å²) in [5.41, 5.74) is 0.980. The Kier molecular flexibility index (Phi) is 9.60. The molecule has 3 aromatic rings. The Hall–Kier alpha value is -4.68. The molecular weight excluding hydrogens is 544 g/mol. The third-order valence-corrected chi connectivity index (χ3v) is 7.07. The van der Waals surface area contributed by atoms with Gasteiger partial charge < -0.3 is 30.4 Å². The Morgan fingerprint density at radius 3 is 2.57 bits per heavy atom. The first-order valence-corrected chi connectivity index (χ1v) is 13.8. The van der Waals surface area contributed by atoms with Crippen molar-refractivity contribution in [1.29, 1.82) is 0 Å². The van der Waals surface area contributed by atoms with Crippen LogP contribution < -0.4 is 20.7 Å². The maximum atomic E-state index is 13.5. The van der Waals surface area contributed by atoms with Gasteiger partial charge in [0.25, 0.3) is 5.91 Å². The van der Waals surface area contributed by atoms with E-state index >= 15 is 0 Å². The van der Waals surface area contributed by atoms with E-state index in [0.717, 1.165) is 5.39 Å². The zero-order chi connectivity index (χ0) is 30.4. The van der Waals surface area contributed by atoms with Gasteiger partial charge in [0.2, 0.25) is 11.8 Å². The van der Waals surface area contributed by atoms with Crippen LogP contribution in [0.2, 0.25) is 0 Å². The fraction of sp³-hybridized carbons (Fsp3) is 0.448. The molecule has 0 unspecified atom stereocenters. The first-order chi connectivity index (χ1) is 20.0. The number of carbonyl (C=O) groups is 5. The Bertz CT molecular complexity index is 1480. The number of benzene rings is 1. The largest absolute Gasteiger partial charge is 0.496 e. The molecule has 0 aliphatic carbocycles. The Balaban J connectivity index is 1.48. The van der Waals surface area contributed by atoms with Crippen LogP contribution in [0.1, 0.15) is 54.1 Å². The Morgan fingerprint density at radius 2 is 1.93 bits per heavy atom. The zero-order valence-electron chi connectivity index (χ0n) is 24.1. The molecule has 3 amide bonds. The van der Waals surface area contributed by atoms with Crippen molar-refractivity contribution in [3.8, 4) is 5.75 Å². The first kappa shape index (κ1) is 30.3. The van der Waals surface area contributed by atoms with Crippen LogP contribution in [0, 0.1) is 11.8 Å². The van der Waals surface area contributed by atoms with Crippen LogP contribution in [0.15, 0.2) is 36.5 Å². The lowest BCUT2D eigenvalue weighted by Crippen LogP contribution is -2.53. The number of aromatic amines is 1. The van der Waals surface area contributed by atoms with Gasteiger partial charge in [-0.05, 0) is 49.4 Å². The zero-order valence-corrected chi connectivity index (χ0v) is 24.1. The highest BCUT2D eigenvalue weighted by Gasteiger charge is 2.34. The Morgan fingerprint density at radius 1 is 1.14 bits per heavy atom. The molecule has 1 saturated heterocycles. The number of carbonyl (C=O) groups excluding carboxylic acids is 5. The van der Waals surface area contributed by atoms with Gasteiger partial charge in [-0.25, -0.2) is 4.79 Å². The fourth-order valence-corrected chi connectivity index (χ4v) is 4.90. The number of aromatic nitrogens is 3. The molecule has 2 aromatic heterocycles. The van der Waals surface area contributed by atoms with Crippen LogP contribution in [0.3, 0.4) is 0 Å². The van der Waals surface area contributed by atoms with Gasteiger partial charge in [0, 0.05) is 36.6 Å². The normalized spacial score (nSPS) is 16.1. The summed E-state index contributed by atoms with van der Waals surface area (Å²) in [6, 6.07) is 6.39. The lowest BCUT2D eigenvalue weighted by Gasteiger charge is -2.25. The highest BCUT2D eigenvalue weighted by Crippen LogP contribution is 2.26. The van der Waals surface area contributed by atoms with Gasteiger partial charge in [-0.3, -0.25) is 23.9 Å². The summed E-state index contributed by atoms with van der Waals surface area (Å²) in [6.07, 6.45) is 2.39. The van der Waals surface area contributed by atoms with Gasteiger partial charge in [-0.15, -0.1) is 0 Å². The number of amides is 3. The van der Waals surface area contributed by atoms with Crippen molar-refractivity contribution >= 4 is 40.4 Å². The number of hydrogen-bond acceptors (Lipinski definition) is 8. The standard InChI is InChI=1S/C29H36N6O7/c1-16(2)12-22(33-28(39)23-14-18-19(31-23)6-5-7-25(18)41-4)27(38)32-21(13-17-8-10-30-26(17)37)24(36)15-42-29(40)20-9-11-35(3)34-20/h5-7,9,11,14,16-17,21-22,31H,8,10,12-13,15H2,1-4H3,(H,30,37)(H,32,38)(H,33,39)/t17-,21-,22-/m0/s1. The first-order valence-electron chi connectivity index (χ1n) is 13.8. The summed E-state index contributed by atoms with van der Waals surface area (Å²) in [5.74, 6) is -2.54. The third-order valence-electron chi connectivity index (χ3n) is 7.07. The molecule has 0 spiro atoms. The number of nitrogens with one attached hydrogen (secondary N) is 4. The van der Waals surface area contributed by atoms with Crippen molar-refractivity contribution < 1.29 is 33.4 Å². The number of esters is 1. The maximum Gasteiger partial charge on any atom is 0.359 e. The van der Waals surface area contributed by atoms with Crippen molar-refractivity contribution in [3.05, 3.63) is 47.9 Å². The number of methoxy groups -OCH3 is 1. The molecule has 4 N–H and O–H groups in total. The number of aryl methyl sites for hydroxylation is 1. The van der Waals surface area contributed by atoms with E-state index in [1.807, 2.05) is 19.9 Å². The number of Topliss-reactive ketones (excluding diaryl/α,β-unsaturated/α-hetero) is 1. The average molecular weight is 581 g/mol. The van der Waals surface area contributed by atoms with Gasteiger partial charge >= 0.3 is 5.97 Å². The van der Waals surface area contributed by atoms with Gasteiger partial charge in [0.05, 0.1) is 13.2 Å². The van der Waals surface area contributed by atoms with E-state index in [1.54, 1.807) is 31.4 Å². The molecular formula is C29H36N6O7. The van der Waals surface area contributed by atoms with E-state index in [1.165, 1.54) is 17.9 Å². The monoisotopic (exact) mass is 580 g/mol. The fourth-order valence-electron chi connectivity index (χ4n) is 4.90. The Labute approximate surface area is 242 Å². The predicted molar refractivity (Wildman–Crippen MR) is 152 cm³/mol. The quantitative estimate of drug-likeness (QED) is 0.220. The highest BCUT2D eigenvalue weighted by molar-refractivity contribution is 6.02. The molecule has 1 fully saturated rings. The maximum absolute atomic E-state index is 13.5. The van der Waals surface area contributed by atoms with Crippen LogP contribution >= 0.6 is 0 Å². The van der Waals surface area contributed by atoms with E-state index in [0.29, 0.717) is 30.7 Å². The minimum absolute atomic E-state index is 0.0259.